The van der Waals surface area contributed by atoms with Gasteiger partial charge < -0.3 is 5.11 Å². The van der Waals surface area contributed by atoms with Gasteiger partial charge in [-0.25, -0.2) is 0 Å². The average Bonchev–Trinajstić information content (AvgIpc) is 2.23. The van der Waals surface area contributed by atoms with Crippen molar-refractivity contribution in [3.63, 3.8) is 0 Å². The van der Waals surface area contributed by atoms with Gasteiger partial charge in [-0.05, 0) is 31.6 Å². The van der Waals surface area contributed by atoms with Gasteiger partial charge in [-0.3, -0.25) is 9.59 Å². The van der Waals surface area contributed by atoms with Crippen LogP contribution in [0.2, 0.25) is 0 Å². The van der Waals surface area contributed by atoms with Crippen molar-refractivity contribution in [2.75, 3.05) is 0 Å². The lowest BCUT2D eigenvalue weighted by atomic mass is 9.65. The Kier molecular flexibility index (Phi) is 3.93. The Hall–Kier alpha value is -1.66. The Morgan fingerprint density at radius 3 is 2.61 bits per heavy atom. The van der Waals surface area contributed by atoms with Gasteiger partial charge in [-0.2, -0.15) is 0 Å². The monoisotopic (exact) mass is 246 g/mol. The summed E-state index contributed by atoms with van der Waals surface area (Å²) in [6.45, 7) is 7.03. The van der Waals surface area contributed by atoms with Gasteiger partial charge in [0.15, 0.2) is 11.4 Å². The fraction of sp³-hybridized carbons (Fsp3) is 0.467. The molecule has 1 atom stereocenters. The number of aldehydes is 1. The number of carbonyl (C=O) groups excluding carboxylic acids is 2. The van der Waals surface area contributed by atoms with E-state index < -0.39 is 11.0 Å². The average molecular weight is 246 g/mol. The third kappa shape index (κ3) is 2.60. The topological polar surface area (TPSA) is 54.4 Å². The predicted molar refractivity (Wildman–Crippen MR) is 69.7 cm³/mol. The third-order valence-electron chi connectivity index (χ3n) is 3.30. The van der Waals surface area contributed by atoms with Crippen molar-refractivity contribution in [3.05, 3.63) is 23.3 Å². The summed E-state index contributed by atoms with van der Waals surface area (Å²) in [5, 5.41) is 10.7. The van der Waals surface area contributed by atoms with Crippen molar-refractivity contribution in [2.24, 2.45) is 5.41 Å². The fourth-order valence-electron chi connectivity index (χ4n) is 2.09. The molecule has 0 saturated heterocycles. The Labute approximate surface area is 108 Å². The Morgan fingerprint density at radius 2 is 2.11 bits per heavy atom. The number of hydrogen-bond donors (Lipinski definition) is 1. The summed E-state index contributed by atoms with van der Waals surface area (Å²) in [5.74, 6) is 5.58. The van der Waals surface area contributed by atoms with Gasteiger partial charge >= 0.3 is 0 Å². The normalized spacial score (nSPS) is 27.1. The molecule has 3 nitrogen and oxygen atoms in total. The minimum Gasteiger partial charge on any atom is -0.373 e. The van der Waals surface area contributed by atoms with Crippen molar-refractivity contribution in [1.82, 2.24) is 0 Å². The maximum absolute atomic E-state index is 11.5. The Balaban J connectivity index is 3.25. The van der Waals surface area contributed by atoms with Crippen LogP contribution in [0.1, 0.15) is 34.1 Å². The van der Waals surface area contributed by atoms with Crippen molar-refractivity contribution < 1.29 is 14.7 Å². The summed E-state index contributed by atoms with van der Waals surface area (Å²) >= 11 is 0. The van der Waals surface area contributed by atoms with Crippen LogP contribution in [0.3, 0.4) is 0 Å². The molecule has 0 saturated carbocycles. The Morgan fingerprint density at radius 1 is 1.50 bits per heavy atom. The highest BCUT2D eigenvalue weighted by Gasteiger charge is 2.47. The summed E-state index contributed by atoms with van der Waals surface area (Å²) < 4.78 is 0. The molecule has 0 heterocycles. The zero-order valence-electron chi connectivity index (χ0n) is 11.2. The van der Waals surface area contributed by atoms with Crippen LogP contribution in [0.5, 0.6) is 0 Å². The van der Waals surface area contributed by atoms with Crippen LogP contribution < -0.4 is 0 Å². The summed E-state index contributed by atoms with van der Waals surface area (Å²) in [6, 6.07) is 0. The van der Waals surface area contributed by atoms with Gasteiger partial charge in [0.05, 0.1) is 0 Å². The van der Waals surface area contributed by atoms with E-state index in [9.17, 15) is 14.7 Å². The molecule has 0 aromatic carbocycles. The first-order valence-corrected chi connectivity index (χ1v) is 5.82. The second-order valence-corrected chi connectivity index (χ2v) is 5.30. The first kappa shape index (κ1) is 14.4. The van der Waals surface area contributed by atoms with Crippen LogP contribution in [0.15, 0.2) is 23.3 Å². The van der Waals surface area contributed by atoms with Crippen molar-refractivity contribution in [2.45, 2.75) is 39.7 Å². The van der Waals surface area contributed by atoms with Gasteiger partial charge in [-0.15, -0.1) is 0 Å². The summed E-state index contributed by atoms with van der Waals surface area (Å²) in [7, 11) is 0. The molecule has 18 heavy (non-hydrogen) atoms. The number of carbonyl (C=O) groups is 2. The molecule has 0 aromatic rings. The SMILES string of the molecule is CC1=CC(=O)CC(C)(C)C1(O)C#C/C(C)=C/C=O. The molecule has 0 spiro atoms. The van der Waals surface area contributed by atoms with Gasteiger partial charge in [0, 0.05) is 17.4 Å². The zero-order valence-corrected chi connectivity index (χ0v) is 11.2. The maximum atomic E-state index is 11.5. The van der Waals surface area contributed by atoms with E-state index in [4.69, 9.17) is 0 Å². The van der Waals surface area contributed by atoms with Gasteiger partial charge in [-0.1, -0.05) is 25.7 Å². The summed E-state index contributed by atoms with van der Waals surface area (Å²) in [6.07, 6.45) is 3.70. The minimum atomic E-state index is -1.33. The number of allylic oxidation sites excluding steroid dienone is 3. The molecule has 1 unspecified atom stereocenters. The highest BCUT2D eigenvalue weighted by Crippen LogP contribution is 2.42. The maximum Gasteiger partial charge on any atom is 0.156 e. The van der Waals surface area contributed by atoms with E-state index in [1.165, 1.54) is 12.2 Å². The molecular weight excluding hydrogens is 228 g/mol. The van der Waals surface area contributed by atoms with E-state index in [0.717, 1.165) is 0 Å². The highest BCUT2D eigenvalue weighted by molar-refractivity contribution is 5.93. The standard InChI is InChI=1S/C15H18O3/c1-11(6-8-16)5-7-15(18)12(2)9-13(17)10-14(15,3)4/h6,8-9,18H,10H2,1-4H3/b11-6+. The molecule has 0 radical (unpaired) electrons. The van der Waals surface area contributed by atoms with Crippen LogP contribution >= 0.6 is 0 Å². The van der Waals surface area contributed by atoms with Crippen LogP contribution in [-0.2, 0) is 9.59 Å². The van der Waals surface area contributed by atoms with Gasteiger partial charge in [0.2, 0.25) is 0 Å². The quantitative estimate of drug-likeness (QED) is 0.436. The third-order valence-corrected chi connectivity index (χ3v) is 3.30. The predicted octanol–water partition coefficient (Wildman–Crippen LogP) is 1.81. The van der Waals surface area contributed by atoms with Crippen LogP contribution in [-0.4, -0.2) is 22.8 Å². The number of ketones is 1. The van der Waals surface area contributed by atoms with Gasteiger partial charge in [0.25, 0.3) is 0 Å². The molecule has 0 bridgehead atoms. The van der Waals surface area contributed by atoms with Crippen LogP contribution in [0, 0.1) is 17.3 Å². The molecule has 0 aliphatic heterocycles. The minimum absolute atomic E-state index is 0.00382. The molecule has 1 aliphatic carbocycles. The molecule has 0 fully saturated rings. The first-order valence-electron chi connectivity index (χ1n) is 5.82. The van der Waals surface area contributed by atoms with Crippen LogP contribution in [0.4, 0.5) is 0 Å². The summed E-state index contributed by atoms with van der Waals surface area (Å²) in [4.78, 5) is 21.8. The molecule has 1 aliphatic rings. The molecular formula is C15H18O3. The Bertz CT molecular complexity index is 498. The zero-order chi connectivity index (χ0) is 14.0. The molecule has 0 amide bonds. The largest absolute Gasteiger partial charge is 0.373 e. The van der Waals surface area contributed by atoms with Crippen LogP contribution in [0.25, 0.3) is 0 Å². The second-order valence-electron chi connectivity index (χ2n) is 5.30. The van der Waals surface area contributed by atoms with E-state index >= 15 is 0 Å². The number of aliphatic hydroxyl groups is 1. The second kappa shape index (κ2) is 4.91. The highest BCUT2D eigenvalue weighted by atomic mass is 16.3. The first-order chi connectivity index (χ1) is 8.23. The number of rotatable bonds is 1. The van der Waals surface area contributed by atoms with Gasteiger partial charge in [0.1, 0.15) is 6.29 Å². The lowest BCUT2D eigenvalue weighted by Crippen LogP contribution is -2.48. The molecule has 0 aromatic heterocycles. The van der Waals surface area contributed by atoms with E-state index in [2.05, 4.69) is 11.8 Å². The molecule has 3 heteroatoms. The van der Waals surface area contributed by atoms with E-state index in [0.29, 0.717) is 17.4 Å². The van der Waals surface area contributed by atoms with Crippen molar-refractivity contribution in [1.29, 1.82) is 0 Å². The summed E-state index contributed by atoms with van der Waals surface area (Å²) in [5.41, 5.74) is -0.843. The lowest BCUT2D eigenvalue weighted by molar-refractivity contribution is -0.121. The van der Waals surface area contributed by atoms with Crippen molar-refractivity contribution >= 4 is 12.1 Å². The van der Waals surface area contributed by atoms with E-state index in [1.54, 1.807) is 13.8 Å². The van der Waals surface area contributed by atoms with Crippen molar-refractivity contribution in [3.8, 4) is 11.8 Å². The smallest absolute Gasteiger partial charge is 0.156 e. The molecule has 1 rings (SSSR count). The molecule has 96 valence electrons. The molecule has 1 N–H and O–H groups in total. The van der Waals surface area contributed by atoms with E-state index in [1.807, 2.05) is 13.8 Å². The van der Waals surface area contributed by atoms with E-state index in [-0.39, 0.29) is 12.2 Å². The number of hydrogen-bond acceptors (Lipinski definition) is 3. The lowest BCUT2D eigenvalue weighted by Gasteiger charge is -2.42. The fourth-order valence-corrected chi connectivity index (χ4v) is 2.09.